The fourth-order valence-electron chi connectivity index (χ4n) is 7.71. The Kier molecular flexibility index (Phi) is 13.7. The topological polar surface area (TPSA) is 240 Å². The Hall–Kier alpha value is -8.50. The van der Waals surface area contributed by atoms with Gasteiger partial charge in [-0.15, -0.1) is 0 Å². The van der Waals surface area contributed by atoms with E-state index in [2.05, 4.69) is 25.3 Å². The molecule has 0 unspecified atom stereocenters. The van der Waals surface area contributed by atoms with Gasteiger partial charge in [0.05, 0.1) is 48.9 Å². The monoisotopic (exact) mass is 956 g/mol. The molecule has 344 valence electrons. The predicted molar refractivity (Wildman–Crippen MR) is 272 cm³/mol. The summed E-state index contributed by atoms with van der Waals surface area (Å²) in [6.45, 7) is 3.66. The van der Waals surface area contributed by atoms with Crippen LogP contribution in [0.3, 0.4) is 0 Å². The van der Waals surface area contributed by atoms with Gasteiger partial charge in [0.1, 0.15) is 0 Å². The molecule has 0 saturated carbocycles. The lowest BCUT2D eigenvalue weighted by Crippen LogP contribution is -2.33. The highest BCUT2D eigenvalue weighted by Gasteiger charge is 2.22. The standard InChI is InChI=1S/C26H20ClN5O2.C17H15ClN2O.C9H7N3O2/c1-15(29-25(33)23-24(28)31-20-13-6-5-12-19(20)30-23)21-14-16-8-7-11-18(27)22(16)26(34)32(21)17-9-3-2-4-10-17;1-11(19)15-10-12-6-5-9-14(18)16(12)17(21)20(15)13-7-3-2-4-8-13;10-8-7(9(13)14)11-5-3-1-2-4-6(5)12-8/h2-15H,1H3,(H2,28,31)(H,29,33);2-11H,19H2,1H3;1-4H,(H2,10,12)(H,13,14)/t15-;11-;/m00./s1. The third-order valence-corrected chi connectivity index (χ3v) is 11.6. The molecule has 17 heteroatoms. The number of carbonyl (C=O) groups is 2. The van der Waals surface area contributed by atoms with Gasteiger partial charge in [0, 0.05) is 28.8 Å². The van der Waals surface area contributed by atoms with Gasteiger partial charge in [-0.1, -0.05) is 108 Å². The van der Waals surface area contributed by atoms with Crippen LogP contribution in [0.15, 0.2) is 167 Å². The maximum atomic E-state index is 13.6. The second kappa shape index (κ2) is 20.2. The largest absolute Gasteiger partial charge is 0.476 e. The number of nitrogens with one attached hydrogen (secondary N) is 1. The van der Waals surface area contributed by atoms with Crippen molar-refractivity contribution in [2.45, 2.75) is 25.9 Å². The summed E-state index contributed by atoms with van der Waals surface area (Å²) >= 11 is 12.6. The molecule has 10 rings (SSSR count). The lowest BCUT2D eigenvalue weighted by atomic mass is 10.1. The minimum atomic E-state index is -1.17. The van der Waals surface area contributed by atoms with Crippen molar-refractivity contribution in [3.8, 4) is 11.4 Å². The molecule has 0 aliphatic heterocycles. The van der Waals surface area contributed by atoms with Crippen molar-refractivity contribution in [2.75, 3.05) is 11.5 Å². The van der Waals surface area contributed by atoms with Crippen LogP contribution in [0.5, 0.6) is 0 Å². The zero-order valence-electron chi connectivity index (χ0n) is 36.9. The van der Waals surface area contributed by atoms with Gasteiger partial charge < -0.3 is 27.6 Å². The number of pyridine rings is 2. The van der Waals surface area contributed by atoms with Crippen LogP contribution in [0.25, 0.3) is 55.0 Å². The van der Waals surface area contributed by atoms with E-state index in [1.54, 1.807) is 70.7 Å². The number of hydrogen-bond donors (Lipinski definition) is 5. The van der Waals surface area contributed by atoms with Crippen LogP contribution < -0.4 is 33.6 Å². The minimum Gasteiger partial charge on any atom is -0.476 e. The number of anilines is 2. The van der Waals surface area contributed by atoms with E-state index < -0.39 is 17.9 Å². The van der Waals surface area contributed by atoms with E-state index in [1.807, 2.05) is 110 Å². The normalized spacial score (nSPS) is 11.8. The van der Waals surface area contributed by atoms with Crippen LogP contribution in [0.2, 0.25) is 10.0 Å². The number of fused-ring (bicyclic) bond motifs is 4. The molecular formula is C52H42Cl2N10O5. The van der Waals surface area contributed by atoms with Crippen molar-refractivity contribution in [3.63, 3.8) is 0 Å². The summed E-state index contributed by atoms with van der Waals surface area (Å²) in [5, 5.41) is 14.9. The van der Waals surface area contributed by atoms with E-state index in [-0.39, 0.29) is 40.2 Å². The molecule has 15 nitrogen and oxygen atoms in total. The number of rotatable bonds is 7. The zero-order valence-corrected chi connectivity index (χ0v) is 38.4. The van der Waals surface area contributed by atoms with Crippen LogP contribution in [0.1, 0.15) is 58.3 Å². The fourth-order valence-corrected chi connectivity index (χ4v) is 8.24. The number of carbonyl (C=O) groups excluding carboxylic acids is 1. The lowest BCUT2D eigenvalue weighted by Gasteiger charge is -2.21. The Labute approximate surface area is 403 Å². The summed E-state index contributed by atoms with van der Waals surface area (Å²) < 4.78 is 3.20. The molecule has 4 heterocycles. The Balaban J connectivity index is 0.000000155. The zero-order chi connectivity index (χ0) is 48.9. The number of carboxylic acid groups (broad SMARTS) is 1. The van der Waals surface area contributed by atoms with Gasteiger partial charge in [-0.2, -0.15) is 0 Å². The molecule has 1 amide bonds. The molecule has 0 fully saturated rings. The summed E-state index contributed by atoms with van der Waals surface area (Å²) in [5.41, 5.74) is 22.0. The van der Waals surface area contributed by atoms with Gasteiger partial charge in [-0.25, -0.2) is 24.7 Å². The molecule has 8 N–H and O–H groups in total. The molecule has 0 aliphatic carbocycles. The molecule has 6 aromatic carbocycles. The van der Waals surface area contributed by atoms with Gasteiger partial charge in [-0.3, -0.25) is 23.5 Å². The summed E-state index contributed by atoms with van der Waals surface area (Å²) in [4.78, 5) is 66.8. The SMILES string of the molecule is C[C@H](N)c1cc2cccc(Cl)c2c(=O)n1-c1ccccc1.C[C@H](NC(=O)c1nc2ccccc2nc1N)c1cc2cccc(Cl)c2c(=O)n1-c1ccccc1.Nc1nc2ccccc2nc1C(=O)O. The van der Waals surface area contributed by atoms with Crippen molar-refractivity contribution < 1.29 is 14.7 Å². The van der Waals surface area contributed by atoms with Crippen molar-refractivity contribution in [2.24, 2.45) is 5.73 Å². The molecule has 0 radical (unpaired) electrons. The smallest absolute Gasteiger partial charge is 0.358 e. The fraction of sp³-hybridized carbons (Fsp3) is 0.0769. The third-order valence-electron chi connectivity index (χ3n) is 10.9. The number of aromatic carboxylic acids is 1. The van der Waals surface area contributed by atoms with E-state index in [0.717, 1.165) is 16.8 Å². The van der Waals surface area contributed by atoms with Crippen LogP contribution in [-0.2, 0) is 0 Å². The average Bonchev–Trinajstić information content (AvgIpc) is 3.34. The number of carboxylic acids is 1. The first-order valence-electron chi connectivity index (χ1n) is 21.3. The van der Waals surface area contributed by atoms with Crippen LogP contribution >= 0.6 is 23.2 Å². The highest BCUT2D eigenvalue weighted by molar-refractivity contribution is 6.35. The molecule has 0 spiro atoms. The van der Waals surface area contributed by atoms with E-state index in [1.165, 1.54) is 0 Å². The van der Waals surface area contributed by atoms with Gasteiger partial charge in [0.15, 0.2) is 23.0 Å². The first-order valence-corrected chi connectivity index (χ1v) is 22.1. The molecule has 0 bridgehead atoms. The Bertz CT molecular complexity index is 3700. The molecule has 2 atom stereocenters. The number of nitrogen functional groups attached to an aromatic ring is 2. The van der Waals surface area contributed by atoms with Gasteiger partial charge in [0.25, 0.3) is 17.0 Å². The Morgan fingerprint density at radius 3 is 1.39 bits per heavy atom. The van der Waals surface area contributed by atoms with Gasteiger partial charge in [0.2, 0.25) is 0 Å². The maximum Gasteiger partial charge on any atom is 0.358 e. The highest BCUT2D eigenvalue weighted by Crippen LogP contribution is 2.27. The van der Waals surface area contributed by atoms with Crippen LogP contribution in [0, 0.1) is 0 Å². The third kappa shape index (κ3) is 9.83. The Morgan fingerprint density at radius 1 is 0.551 bits per heavy atom. The van der Waals surface area contributed by atoms with Crippen molar-refractivity contribution in [1.29, 1.82) is 0 Å². The van der Waals surface area contributed by atoms with Gasteiger partial charge >= 0.3 is 5.97 Å². The number of benzene rings is 6. The number of aromatic nitrogens is 6. The van der Waals surface area contributed by atoms with Gasteiger partial charge in [-0.05, 0) is 97.4 Å². The predicted octanol–water partition coefficient (Wildman–Crippen LogP) is 9.23. The maximum absolute atomic E-state index is 13.6. The summed E-state index contributed by atoms with van der Waals surface area (Å²) in [6.07, 6.45) is 0. The molecule has 4 aromatic heterocycles. The average molecular weight is 958 g/mol. The molecule has 0 aliphatic rings. The number of hydrogen-bond acceptors (Lipinski definition) is 11. The van der Waals surface area contributed by atoms with Crippen molar-refractivity contribution in [1.82, 2.24) is 34.4 Å². The summed E-state index contributed by atoms with van der Waals surface area (Å²) in [6, 6.07) is 46.5. The highest BCUT2D eigenvalue weighted by atomic mass is 35.5. The quantitative estimate of drug-likeness (QED) is 0.100. The van der Waals surface area contributed by atoms with Crippen LogP contribution in [0.4, 0.5) is 11.6 Å². The lowest BCUT2D eigenvalue weighted by molar-refractivity contribution is 0.0691. The van der Waals surface area contributed by atoms with E-state index in [4.69, 9.17) is 45.5 Å². The Morgan fingerprint density at radius 2 is 0.942 bits per heavy atom. The molecular weight excluding hydrogens is 916 g/mol. The van der Waals surface area contributed by atoms with E-state index in [0.29, 0.717) is 59.7 Å². The number of nitrogens with two attached hydrogens (primary N) is 3. The first-order chi connectivity index (χ1) is 33.2. The minimum absolute atomic E-state index is 0.0305. The number of para-hydroxylation sites is 6. The molecule has 0 saturated heterocycles. The second-order valence-electron chi connectivity index (χ2n) is 15.7. The number of halogens is 2. The van der Waals surface area contributed by atoms with Crippen molar-refractivity contribution >= 4 is 90.3 Å². The number of amides is 1. The number of nitrogens with zero attached hydrogens (tertiary/aromatic N) is 6. The van der Waals surface area contributed by atoms with Crippen molar-refractivity contribution in [3.05, 3.63) is 211 Å². The summed E-state index contributed by atoms with van der Waals surface area (Å²) in [7, 11) is 0. The van der Waals surface area contributed by atoms with Crippen LogP contribution in [-0.4, -0.2) is 46.1 Å². The van der Waals surface area contributed by atoms with E-state index >= 15 is 0 Å². The summed E-state index contributed by atoms with van der Waals surface area (Å²) in [5.74, 6) is -1.67. The molecule has 10 aromatic rings. The second-order valence-corrected chi connectivity index (χ2v) is 16.5. The molecule has 69 heavy (non-hydrogen) atoms. The van der Waals surface area contributed by atoms with E-state index in [9.17, 15) is 19.2 Å². The first kappa shape index (κ1) is 47.0.